The molecular weight excluding hydrogens is 286 g/mol. The number of rotatable bonds is 4. The molecule has 0 spiro atoms. The Bertz CT molecular complexity index is 656. The van der Waals surface area contributed by atoms with E-state index in [1.807, 2.05) is 17.0 Å². The minimum atomic E-state index is -0.0608. The average molecular weight is 302 g/mol. The lowest BCUT2D eigenvalue weighted by Gasteiger charge is -2.23. The first-order chi connectivity index (χ1) is 10.2. The third kappa shape index (κ3) is 3.00. The zero-order valence-electron chi connectivity index (χ0n) is 11.5. The Balaban J connectivity index is 1.87. The molecule has 0 bridgehead atoms. The molecule has 21 heavy (non-hydrogen) atoms. The molecule has 5 heteroatoms. The number of halogens is 1. The van der Waals surface area contributed by atoms with Crippen LogP contribution in [0.25, 0.3) is 0 Å². The van der Waals surface area contributed by atoms with Crippen LogP contribution in [-0.2, 0) is 6.54 Å². The Hall–Kier alpha value is -2.07. The summed E-state index contributed by atoms with van der Waals surface area (Å²) in [5, 5.41) is 0.417. The second-order valence-electron chi connectivity index (χ2n) is 5.22. The van der Waals surface area contributed by atoms with Gasteiger partial charge < -0.3 is 10.6 Å². The van der Waals surface area contributed by atoms with Gasteiger partial charge in [0.1, 0.15) is 0 Å². The Morgan fingerprint density at radius 3 is 2.67 bits per heavy atom. The average Bonchev–Trinajstić information content (AvgIpc) is 3.33. The first-order valence-corrected chi connectivity index (χ1v) is 7.28. The molecule has 2 N–H and O–H groups in total. The van der Waals surface area contributed by atoms with Gasteiger partial charge in [0, 0.05) is 25.0 Å². The van der Waals surface area contributed by atoms with Crippen molar-refractivity contribution in [1.29, 1.82) is 0 Å². The molecule has 0 aliphatic heterocycles. The van der Waals surface area contributed by atoms with Crippen LogP contribution >= 0.6 is 11.6 Å². The number of aromatic nitrogens is 1. The van der Waals surface area contributed by atoms with Gasteiger partial charge in [-0.25, -0.2) is 0 Å². The van der Waals surface area contributed by atoms with Crippen LogP contribution in [0.1, 0.15) is 28.8 Å². The molecule has 1 heterocycles. The van der Waals surface area contributed by atoms with Crippen molar-refractivity contribution < 1.29 is 4.79 Å². The van der Waals surface area contributed by atoms with Crippen LogP contribution in [0.5, 0.6) is 0 Å². The van der Waals surface area contributed by atoms with Gasteiger partial charge in [-0.3, -0.25) is 9.78 Å². The van der Waals surface area contributed by atoms with Gasteiger partial charge in [0.25, 0.3) is 5.91 Å². The highest BCUT2D eigenvalue weighted by molar-refractivity contribution is 6.33. The van der Waals surface area contributed by atoms with Crippen LogP contribution in [-0.4, -0.2) is 21.8 Å². The molecule has 1 amide bonds. The number of hydrogen-bond donors (Lipinski definition) is 1. The first kappa shape index (κ1) is 13.9. The van der Waals surface area contributed by atoms with E-state index in [2.05, 4.69) is 4.98 Å². The highest BCUT2D eigenvalue weighted by Crippen LogP contribution is 2.32. The molecule has 0 atom stereocenters. The van der Waals surface area contributed by atoms with E-state index in [4.69, 9.17) is 17.3 Å². The fourth-order valence-corrected chi connectivity index (χ4v) is 2.49. The summed E-state index contributed by atoms with van der Waals surface area (Å²) in [6.07, 6.45) is 5.55. The van der Waals surface area contributed by atoms with Crippen LogP contribution in [0.15, 0.2) is 42.7 Å². The SMILES string of the molecule is Nc1c(Cl)cccc1C(=O)N(Cc1ccncc1)C1CC1. The van der Waals surface area contributed by atoms with Gasteiger partial charge in [-0.2, -0.15) is 0 Å². The van der Waals surface area contributed by atoms with E-state index < -0.39 is 0 Å². The van der Waals surface area contributed by atoms with Crippen LogP contribution in [0.4, 0.5) is 5.69 Å². The first-order valence-electron chi connectivity index (χ1n) is 6.90. The summed E-state index contributed by atoms with van der Waals surface area (Å²) in [5.74, 6) is -0.0608. The molecule has 0 radical (unpaired) electrons. The third-order valence-corrected chi connectivity index (χ3v) is 3.96. The van der Waals surface area contributed by atoms with E-state index in [1.165, 1.54) is 0 Å². The Kier molecular flexibility index (Phi) is 3.80. The van der Waals surface area contributed by atoms with Crippen LogP contribution in [0.2, 0.25) is 5.02 Å². The number of nitrogens with two attached hydrogens (primary N) is 1. The molecule has 2 aromatic rings. The predicted molar refractivity (Wildman–Crippen MR) is 83.0 cm³/mol. The highest BCUT2D eigenvalue weighted by atomic mass is 35.5. The van der Waals surface area contributed by atoms with E-state index in [0.29, 0.717) is 28.9 Å². The topological polar surface area (TPSA) is 59.2 Å². The number of hydrogen-bond acceptors (Lipinski definition) is 3. The van der Waals surface area contributed by atoms with E-state index in [0.717, 1.165) is 18.4 Å². The van der Waals surface area contributed by atoms with Gasteiger partial charge in [0.15, 0.2) is 0 Å². The van der Waals surface area contributed by atoms with Crippen molar-refractivity contribution in [2.75, 3.05) is 5.73 Å². The fourth-order valence-electron chi connectivity index (χ4n) is 2.32. The number of nitrogens with zero attached hydrogens (tertiary/aromatic N) is 2. The minimum Gasteiger partial charge on any atom is -0.397 e. The lowest BCUT2D eigenvalue weighted by atomic mass is 10.1. The van der Waals surface area contributed by atoms with E-state index in [-0.39, 0.29) is 5.91 Å². The van der Waals surface area contributed by atoms with E-state index >= 15 is 0 Å². The molecule has 4 nitrogen and oxygen atoms in total. The van der Waals surface area contributed by atoms with Crippen molar-refractivity contribution >= 4 is 23.2 Å². The molecule has 1 saturated carbocycles. The number of benzene rings is 1. The van der Waals surface area contributed by atoms with Gasteiger partial charge >= 0.3 is 0 Å². The number of anilines is 1. The van der Waals surface area contributed by atoms with Gasteiger partial charge in [0.05, 0.1) is 16.3 Å². The van der Waals surface area contributed by atoms with Crippen molar-refractivity contribution in [1.82, 2.24) is 9.88 Å². The summed E-state index contributed by atoms with van der Waals surface area (Å²) in [4.78, 5) is 18.6. The summed E-state index contributed by atoms with van der Waals surface area (Å²) < 4.78 is 0. The standard InChI is InChI=1S/C16H16ClN3O/c17-14-3-1-2-13(15(14)18)16(21)20(12-4-5-12)10-11-6-8-19-9-7-11/h1-3,6-9,12H,4-5,10,18H2. The maximum atomic E-state index is 12.8. The molecule has 108 valence electrons. The molecule has 1 aliphatic carbocycles. The van der Waals surface area contributed by atoms with E-state index in [1.54, 1.807) is 30.6 Å². The van der Waals surface area contributed by atoms with Crippen LogP contribution in [0, 0.1) is 0 Å². The van der Waals surface area contributed by atoms with Gasteiger partial charge in [-0.1, -0.05) is 17.7 Å². The number of carbonyl (C=O) groups excluding carboxylic acids is 1. The van der Waals surface area contributed by atoms with Crippen LogP contribution < -0.4 is 5.73 Å². The number of amides is 1. The van der Waals surface area contributed by atoms with Crippen molar-refractivity contribution in [3.63, 3.8) is 0 Å². The number of carbonyl (C=O) groups is 1. The molecule has 3 rings (SSSR count). The second-order valence-corrected chi connectivity index (χ2v) is 5.63. The smallest absolute Gasteiger partial charge is 0.256 e. The Morgan fingerprint density at radius 1 is 1.29 bits per heavy atom. The zero-order chi connectivity index (χ0) is 14.8. The summed E-state index contributed by atoms with van der Waals surface area (Å²) in [5.41, 5.74) is 7.83. The number of nitrogen functional groups attached to an aromatic ring is 1. The normalized spacial score (nSPS) is 14.0. The molecule has 1 aliphatic rings. The summed E-state index contributed by atoms with van der Waals surface area (Å²) in [7, 11) is 0. The summed E-state index contributed by atoms with van der Waals surface area (Å²) in [6, 6.07) is 9.31. The highest BCUT2D eigenvalue weighted by Gasteiger charge is 2.33. The lowest BCUT2D eigenvalue weighted by Crippen LogP contribution is -2.33. The predicted octanol–water partition coefficient (Wildman–Crippen LogP) is 3.12. The molecule has 1 aromatic carbocycles. The number of pyridine rings is 1. The summed E-state index contributed by atoms with van der Waals surface area (Å²) in [6.45, 7) is 0.567. The molecule has 0 saturated heterocycles. The van der Waals surface area contributed by atoms with Crippen molar-refractivity contribution in [2.24, 2.45) is 0 Å². The fraction of sp³-hybridized carbons (Fsp3) is 0.250. The van der Waals surface area contributed by atoms with Crippen molar-refractivity contribution in [3.05, 3.63) is 58.9 Å². The quantitative estimate of drug-likeness (QED) is 0.883. The van der Waals surface area contributed by atoms with Gasteiger partial charge in [-0.15, -0.1) is 0 Å². The maximum absolute atomic E-state index is 12.8. The maximum Gasteiger partial charge on any atom is 0.256 e. The molecular formula is C16H16ClN3O. The largest absolute Gasteiger partial charge is 0.397 e. The van der Waals surface area contributed by atoms with Crippen LogP contribution in [0.3, 0.4) is 0 Å². The summed E-state index contributed by atoms with van der Waals surface area (Å²) >= 11 is 6.01. The van der Waals surface area contributed by atoms with Gasteiger partial charge in [0.2, 0.25) is 0 Å². The van der Waals surface area contributed by atoms with Gasteiger partial charge in [-0.05, 0) is 42.7 Å². The monoisotopic (exact) mass is 301 g/mol. The Labute approximate surface area is 128 Å². The van der Waals surface area contributed by atoms with Crippen molar-refractivity contribution in [3.8, 4) is 0 Å². The zero-order valence-corrected chi connectivity index (χ0v) is 12.3. The third-order valence-electron chi connectivity index (χ3n) is 3.63. The Morgan fingerprint density at radius 2 is 2.00 bits per heavy atom. The lowest BCUT2D eigenvalue weighted by molar-refractivity contribution is 0.0731. The molecule has 1 fully saturated rings. The second kappa shape index (κ2) is 5.74. The van der Waals surface area contributed by atoms with Crippen molar-refractivity contribution in [2.45, 2.75) is 25.4 Å². The minimum absolute atomic E-state index is 0.0608. The molecule has 0 unspecified atom stereocenters. The van der Waals surface area contributed by atoms with E-state index in [9.17, 15) is 4.79 Å². The number of para-hydroxylation sites is 1. The molecule has 1 aromatic heterocycles.